The lowest BCUT2D eigenvalue weighted by Crippen LogP contribution is -2.47. The lowest BCUT2D eigenvalue weighted by atomic mass is 10.0. The maximum Gasteiger partial charge on any atom is 0.227 e. The Morgan fingerprint density at radius 3 is 3.00 bits per heavy atom. The highest BCUT2D eigenvalue weighted by molar-refractivity contribution is 5.79. The molecule has 1 saturated heterocycles. The van der Waals surface area contributed by atoms with E-state index in [0.29, 0.717) is 26.1 Å². The number of benzene rings is 1. The van der Waals surface area contributed by atoms with Crippen molar-refractivity contribution in [3.8, 4) is 0 Å². The Morgan fingerprint density at radius 1 is 1.47 bits per heavy atom. The van der Waals surface area contributed by atoms with Crippen LogP contribution in [0.25, 0.3) is 0 Å². The zero-order valence-electron chi connectivity index (χ0n) is 11.6. The van der Waals surface area contributed by atoms with Gasteiger partial charge in [-0.05, 0) is 25.0 Å². The van der Waals surface area contributed by atoms with Crippen LogP contribution in [0, 0.1) is 13.8 Å². The molecule has 2 rings (SSSR count). The van der Waals surface area contributed by atoms with Crippen molar-refractivity contribution < 1.29 is 14.6 Å². The molecule has 1 aliphatic rings. The standard InChI is InChI=1S/C15H21NO3/c1-11-3-4-12(2)13(7-11)8-15(18)16-5-6-19-14(9-16)10-17/h3-4,7,14,17H,5-6,8-10H2,1-2H3. The number of carbonyl (C=O) groups is 1. The summed E-state index contributed by atoms with van der Waals surface area (Å²) in [6, 6.07) is 6.17. The van der Waals surface area contributed by atoms with Gasteiger partial charge in [-0.2, -0.15) is 0 Å². The van der Waals surface area contributed by atoms with Crippen LogP contribution in [0.1, 0.15) is 16.7 Å². The quantitative estimate of drug-likeness (QED) is 0.887. The van der Waals surface area contributed by atoms with Crippen molar-refractivity contribution in [3.05, 3.63) is 34.9 Å². The first-order valence-corrected chi connectivity index (χ1v) is 6.66. The van der Waals surface area contributed by atoms with E-state index in [-0.39, 0.29) is 18.6 Å². The molecule has 1 aliphatic heterocycles. The second-order valence-corrected chi connectivity index (χ2v) is 5.12. The van der Waals surface area contributed by atoms with Crippen molar-refractivity contribution in [1.82, 2.24) is 4.90 Å². The van der Waals surface area contributed by atoms with E-state index in [1.807, 2.05) is 19.9 Å². The van der Waals surface area contributed by atoms with Crippen LogP contribution < -0.4 is 0 Å². The van der Waals surface area contributed by atoms with Crippen LogP contribution in [0.2, 0.25) is 0 Å². The molecule has 1 amide bonds. The van der Waals surface area contributed by atoms with Crippen LogP contribution in [-0.4, -0.2) is 48.3 Å². The van der Waals surface area contributed by atoms with Gasteiger partial charge in [-0.15, -0.1) is 0 Å². The van der Waals surface area contributed by atoms with Crippen LogP contribution >= 0.6 is 0 Å². The Bertz CT molecular complexity index is 459. The summed E-state index contributed by atoms with van der Waals surface area (Å²) in [7, 11) is 0. The number of morpholine rings is 1. The van der Waals surface area contributed by atoms with Gasteiger partial charge in [-0.3, -0.25) is 4.79 Å². The fourth-order valence-corrected chi connectivity index (χ4v) is 2.32. The smallest absolute Gasteiger partial charge is 0.227 e. The van der Waals surface area contributed by atoms with Crippen LogP contribution in [0.3, 0.4) is 0 Å². The molecule has 1 atom stereocenters. The third-order valence-corrected chi connectivity index (χ3v) is 3.54. The SMILES string of the molecule is Cc1ccc(C)c(CC(=O)N2CCOC(CO)C2)c1. The summed E-state index contributed by atoms with van der Waals surface area (Å²) >= 11 is 0. The molecule has 0 aliphatic carbocycles. The molecule has 0 radical (unpaired) electrons. The Hall–Kier alpha value is -1.39. The van der Waals surface area contributed by atoms with Crippen molar-refractivity contribution in [2.24, 2.45) is 0 Å². The number of aryl methyl sites for hydroxylation is 2. The first-order chi connectivity index (χ1) is 9.10. The molecule has 1 aromatic rings. The van der Waals surface area contributed by atoms with E-state index in [9.17, 15) is 4.79 Å². The highest BCUT2D eigenvalue weighted by atomic mass is 16.5. The van der Waals surface area contributed by atoms with Gasteiger partial charge in [0.1, 0.15) is 0 Å². The third-order valence-electron chi connectivity index (χ3n) is 3.54. The minimum absolute atomic E-state index is 0.0345. The lowest BCUT2D eigenvalue weighted by molar-refractivity contribution is -0.139. The summed E-state index contributed by atoms with van der Waals surface area (Å²) in [5.41, 5.74) is 3.39. The monoisotopic (exact) mass is 263 g/mol. The molecule has 1 aromatic carbocycles. The van der Waals surface area contributed by atoms with E-state index in [1.54, 1.807) is 4.90 Å². The number of aliphatic hydroxyl groups is 1. The topological polar surface area (TPSA) is 49.8 Å². The van der Waals surface area contributed by atoms with E-state index in [1.165, 1.54) is 5.56 Å². The van der Waals surface area contributed by atoms with E-state index < -0.39 is 0 Å². The fourth-order valence-electron chi connectivity index (χ4n) is 2.32. The number of rotatable bonds is 3. The van der Waals surface area contributed by atoms with Crippen LogP contribution in [0.5, 0.6) is 0 Å². The van der Waals surface area contributed by atoms with Gasteiger partial charge in [0, 0.05) is 13.1 Å². The molecule has 0 aromatic heterocycles. The normalized spacial score (nSPS) is 19.5. The number of hydrogen-bond donors (Lipinski definition) is 1. The number of nitrogens with zero attached hydrogens (tertiary/aromatic N) is 1. The molecule has 1 fully saturated rings. The Morgan fingerprint density at radius 2 is 2.26 bits per heavy atom. The molecular weight excluding hydrogens is 242 g/mol. The molecule has 1 heterocycles. The van der Waals surface area contributed by atoms with Crippen LogP contribution in [0.4, 0.5) is 0 Å². The van der Waals surface area contributed by atoms with Gasteiger partial charge in [-0.25, -0.2) is 0 Å². The van der Waals surface area contributed by atoms with Crippen molar-refractivity contribution >= 4 is 5.91 Å². The van der Waals surface area contributed by atoms with E-state index in [0.717, 1.165) is 11.1 Å². The average Bonchev–Trinajstić information content (AvgIpc) is 2.43. The summed E-state index contributed by atoms with van der Waals surface area (Å²) in [4.78, 5) is 14.1. The molecule has 19 heavy (non-hydrogen) atoms. The van der Waals surface area contributed by atoms with E-state index in [4.69, 9.17) is 9.84 Å². The Labute approximate surface area is 114 Å². The minimum Gasteiger partial charge on any atom is -0.394 e. The van der Waals surface area contributed by atoms with Gasteiger partial charge in [-0.1, -0.05) is 23.8 Å². The molecule has 0 spiro atoms. The fraction of sp³-hybridized carbons (Fsp3) is 0.533. The van der Waals surface area contributed by atoms with Gasteiger partial charge in [0.25, 0.3) is 0 Å². The third kappa shape index (κ3) is 3.55. The first-order valence-electron chi connectivity index (χ1n) is 6.66. The summed E-state index contributed by atoms with van der Waals surface area (Å²) in [5.74, 6) is 0.107. The van der Waals surface area contributed by atoms with E-state index in [2.05, 4.69) is 12.1 Å². The maximum atomic E-state index is 12.3. The Balaban J connectivity index is 2.02. The minimum atomic E-state index is -0.240. The van der Waals surface area contributed by atoms with Gasteiger partial charge < -0.3 is 14.7 Å². The molecule has 104 valence electrons. The summed E-state index contributed by atoms with van der Waals surface area (Å²) in [5, 5.41) is 9.10. The van der Waals surface area contributed by atoms with Crippen molar-refractivity contribution in [2.45, 2.75) is 26.4 Å². The number of aliphatic hydroxyl groups excluding tert-OH is 1. The molecule has 0 saturated carbocycles. The van der Waals surface area contributed by atoms with Gasteiger partial charge in [0.05, 0.1) is 25.7 Å². The molecule has 4 nitrogen and oxygen atoms in total. The largest absolute Gasteiger partial charge is 0.394 e. The average molecular weight is 263 g/mol. The molecule has 1 unspecified atom stereocenters. The molecule has 4 heteroatoms. The predicted molar refractivity (Wildman–Crippen MR) is 73.0 cm³/mol. The number of carbonyl (C=O) groups excluding carboxylic acids is 1. The molecule has 0 bridgehead atoms. The number of ether oxygens (including phenoxy) is 1. The Kier molecular flexibility index (Phi) is 4.56. The zero-order chi connectivity index (χ0) is 13.8. The van der Waals surface area contributed by atoms with Gasteiger partial charge in [0.15, 0.2) is 0 Å². The van der Waals surface area contributed by atoms with Gasteiger partial charge >= 0.3 is 0 Å². The predicted octanol–water partition coefficient (Wildman–Crippen LogP) is 1.07. The van der Waals surface area contributed by atoms with Gasteiger partial charge in [0.2, 0.25) is 5.91 Å². The molecule has 1 N–H and O–H groups in total. The maximum absolute atomic E-state index is 12.3. The second kappa shape index (κ2) is 6.17. The zero-order valence-corrected chi connectivity index (χ0v) is 11.6. The number of hydrogen-bond acceptors (Lipinski definition) is 3. The van der Waals surface area contributed by atoms with Crippen LogP contribution in [0.15, 0.2) is 18.2 Å². The second-order valence-electron chi connectivity index (χ2n) is 5.12. The summed E-state index contributed by atoms with van der Waals surface area (Å²) in [6.07, 6.45) is 0.183. The number of amides is 1. The summed E-state index contributed by atoms with van der Waals surface area (Å²) < 4.78 is 5.36. The highest BCUT2D eigenvalue weighted by Gasteiger charge is 2.23. The van der Waals surface area contributed by atoms with Crippen molar-refractivity contribution in [1.29, 1.82) is 0 Å². The first kappa shape index (κ1) is 14.0. The van der Waals surface area contributed by atoms with E-state index >= 15 is 0 Å². The summed E-state index contributed by atoms with van der Waals surface area (Å²) in [6.45, 7) is 5.62. The van der Waals surface area contributed by atoms with Crippen molar-refractivity contribution in [3.63, 3.8) is 0 Å². The van der Waals surface area contributed by atoms with Crippen LogP contribution in [-0.2, 0) is 16.0 Å². The lowest BCUT2D eigenvalue weighted by Gasteiger charge is -2.32. The van der Waals surface area contributed by atoms with Crippen molar-refractivity contribution in [2.75, 3.05) is 26.3 Å². The highest BCUT2D eigenvalue weighted by Crippen LogP contribution is 2.14. The molecular formula is C15H21NO3.